The van der Waals surface area contributed by atoms with Crippen LogP contribution < -0.4 is 10.0 Å². The maximum atomic E-state index is 12.4. The van der Waals surface area contributed by atoms with E-state index in [1.807, 2.05) is 12.1 Å². The number of hydrogen-bond donors (Lipinski definition) is 2. The van der Waals surface area contributed by atoms with Crippen LogP contribution in [0.4, 0.5) is 11.4 Å². The molecular formula is C19H22N2O3S. The number of sulfonamides is 1. The Morgan fingerprint density at radius 1 is 0.960 bits per heavy atom. The zero-order valence-corrected chi connectivity index (χ0v) is 15.2. The van der Waals surface area contributed by atoms with Gasteiger partial charge >= 0.3 is 0 Å². The first-order chi connectivity index (χ1) is 11.8. The molecular weight excluding hydrogens is 336 g/mol. The molecule has 1 amide bonds. The van der Waals surface area contributed by atoms with Gasteiger partial charge in [-0.3, -0.25) is 9.52 Å². The largest absolute Gasteiger partial charge is 0.322 e. The molecule has 0 aliphatic heterocycles. The fourth-order valence-corrected chi connectivity index (χ4v) is 3.52. The van der Waals surface area contributed by atoms with Crippen molar-refractivity contribution >= 4 is 27.3 Å². The van der Waals surface area contributed by atoms with Gasteiger partial charge in [-0.2, -0.15) is 0 Å². The van der Waals surface area contributed by atoms with Crippen molar-refractivity contribution in [1.82, 2.24) is 0 Å². The van der Waals surface area contributed by atoms with Gasteiger partial charge in [0.2, 0.25) is 10.0 Å². The average molecular weight is 358 g/mol. The molecule has 25 heavy (non-hydrogen) atoms. The van der Waals surface area contributed by atoms with Gasteiger partial charge in [-0.1, -0.05) is 6.07 Å². The van der Waals surface area contributed by atoms with E-state index in [0.717, 1.165) is 18.5 Å². The predicted molar refractivity (Wildman–Crippen MR) is 101 cm³/mol. The Hall–Kier alpha value is -2.34. The highest BCUT2D eigenvalue weighted by atomic mass is 32.2. The summed E-state index contributed by atoms with van der Waals surface area (Å²) in [5, 5.41) is 2.38. The fraction of sp³-hybridized carbons (Fsp3) is 0.316. The predicted octanol–water partition coefficient (Wildman–Crippen LogP) is 3.58. The lowest BCUT2D eigenvalue weighted by molar-refractivity contribution is 0.102. The van der Waals surface area contributed by atoms with Crippen molar-refractivity contribution in [3.63, 3.8) is 0 Å². The Morgan fingerprint density at radius 2 is 1.60 bits per heavy atom. The Labute approximate surface area is 148 Å². The lowest BCUT2D eigenvalue weighted by Gasteiger charge is -2.11. The van der Waals surface area contributed by atoms with Crippen molar-refractivity contribution in [2.24, 2.45) is 0 Å². The van der Waals surface area contributed by atoms with E-state index in [-0.39, 0.29) is 5.91 Å². The molecule has 0 aromatic heterocycles. The van der Waals surface area contributed by atoms with Crippen molar-refractivity contribution in [2.75, 3.05) is 10.0 Å². The minimum absolute atomic E-state index is 0.212. The number of benzene rings is 2. The van der Waals surface area contributed by atoms with Crippen molar-refractivity contribution in [2.45, 2.75) is 38.4 Å². The summed E-state index contributed by atoms with van der Waals surface area (Å²) in [5.74, 6) is -0.212. The summed E-state index contributed by atoms with van der Waals surface area (Å²) in [6, 6.07) is 12.4. The Kier molecular flexibility index (Phi) is 4.81. The topological polar surface area (TPSA) is 75.3 Å². The van der Waals surface area contributed by atoms with Crippen molar-refractivity contribution < 1.29 is 13.2 Å². The number of carbonyl (C=O) groups is 1. The third-order valence-corrected chi connectivity index (χ3v) is 6.15. The van der Waals surface area contributed by atoms with Gasteiger partial charge < -0.3 is 5.32 Å². The van der Waals surface area contributed by atoms with Crippen LogP contribution in [0.15, 0.2) is 42.5 Å². The average Bonchev–Trinajstić information content (AvgIpc) is 3.02. The quantitative estimate of drug-likeness (QED) is 0.858. The summed E-state index contributed by atoms with van der Waals surface area (Å²) in [6.07, 6.45) is 3.33. The molecule has 0 saturated carbocycles. The van der Waals surface area contributed by atoms with Crippen molar-refractivity contribution in [3.05, 3.63) is 59.2 Å². The minimum atomic E-state index is -3.39. The van der Waals surface area contributed by atoms with E-state index in [4.69, 9.17) is 0 Å². The molecule has 1 aliphatic rings. The van der Waals surface area contributed by atoms with Crippen LogP contribution >= 0.6 is 0 Å². The number of anilines is 2. The molecule has 6 heteroatoms. The molecule has 0 spiro atoms. The van der Waals surface area contributed by atoms with Crippen LogP contribution in [0.2, 0.25) is 0 Å². The summed E-state index contributed by atoms with van der Waals surface area (Å²) in [7, 11) is -3.39. The van der Waals surface area contributed by atoms with Crippen LogP contribution in [-0.4, -0.2) is 19.6 Å². The van der Waals surface area contributed by atoms with Gasteiger partial charge in [0.1, 0.15) is 0 Å². The van der Waals surface area contributed by atoms with E-state index in [2.05, 4.69) is 16.1 Å². The Balaban J connectivity index is 1.69. The number of nitrogens with one attached hydrogen (secondary N) is 2. The highest BCUT2D eigenvalue weighted by Crippen LogP contribution is 2.25. The van der Waals surface area contributed by atoms with E-state index < -0.39 is 15.3 Å². The third kappa shape index (κ3) is 4.02. The van der Waals surface area contributed by atoms with Gasteiger partial charge in [-0.25, -0.2) is 8.42 Å². The number of carbonyl (C=O) groups excluding carboxylic acids is 1. The second-order valence-electron chi connectivity index (χ2n) is 6.56. The van der Waals surface area contributed by atoms with Crippen LogP contribution in [0.3, 0.4) is 0 Å². The monoisotopic (exact) mass is 358 g/mol. The smallest absolute Gasteiger partial charge is 0.255 e. The highest BCUT2D eigenvalue weighted by molar-refractivity contribution is 7.93. The van der Waals surface area contributed by atoms with Gasteiger partial charge in [0.15, 0.2) is 0 Å². The molecule has 132 valence electrons. The maximum Gasteiger partial charge on any atom is 0.255 e. The lowest BCUT2D eigenvalue weighted by Crippen LogP contribution is -2.22. The zero-order chi connectivity index (χ0) is 18.0. The molecule has 0 fully saturated rings. The number of amides is 1. The Morgan fingerprint density at radius 3 is 2.28 bits per heavy atom. The number of hydrogen-bond acceptors (Lipinski definition) is 3. The van der Waals surface area contributed by atoms with E-state index in [9.17, 15) is 13.2 Å². The molecule has 0 bridgehead atoms. The summed E-state index contributed by atoms with van der Waals surface area (Å²) in [4.78, 5) is 12.4. The second-order valence-corrected chi connectivity index (χ2v) is 8.80. The number of rotatable bonds is 5. The molecule has 2 N–H and O–H groups in total. The maximum absolute atomic E-state index is 12.4. The van der Waals surface area contributed by atoms with Crippen molar-refractivity contribution in [3.8, 4) is 0 Å². The fourth-order valence-electron chi connectivity index (χ4n) is 2.82. The van der Waals surface area contributed by atoms with Crippen LogP contribution in [-0.2, 0) is 22.9 Å². The molecule has 2 aromatic carbocycles. The summed E-state index contributed by atoms with van der Waals surface area (Å²) < 4.78 is 26.2. The number of aryl methyl sites for hydroxylation is 2. The Bertz CT molecular complexity index is 887. The molecule has 0 radical (unpaired) electrons. The van der Waals surface area contributed by atoms with Gasteiger partial charge in [-0.15, -0.1) is 0 Å². The molecule has 0 unspecified atom stereocenters. The molecule has 0 heterocycles. The zero-order valence-electron chi connectivity index (χ0n) is 14.4. The van der Waals surface area contributed by atoms with Gasteiger partial charge in [0.25, 0.3) is 5.91 Å². The normalized spacial score (nSPS) is 13.6. The first kappa shape index (κ1) is 17.5. The molecule has 0 atom stereocenters. The van der Waals surface area contributed by atoms with Crippen LogP contribution in [0.25, 0.3) is 0 Å². The molecule has 5 nitrogen and oxygen atoms in total. The van der Waals surface area contributed by atoms with E-state index in [0.29, 0.717) is 11.3 Å². The van der Waals surface area contributed by atoms with E-state index in [1.54, 1.807) is 38.1 Å². The van der Waals surface area contributed by atoms with Gasteiger partial charge in [0.05, 0.1) is 5.25 Å². The van der Waals surface area contributed by atoms with Crippen LogP contribution in [0.5, 0.6) is 0 Å². The van der Waals surface area contributed by atoms with Crippen LogP contribution in [0.1, 0.15) is 41.8 Å². The molecule has 0 saturated heterocycles. The van der Waals surface area contributed by atoms with Crippen LogP contribution in [0, 0.1) is 0 Å². The lowest BCUT2D eigenvalue weighted by atomic mass is 10.1. The van der Waals surface area contributed by atoms with E-state index >= 15 is 0 Å². The molecule has 1 aliphatic carbocycles. The third-order valence-electron chi connectivity index (χ3n) is 4.38. The van der Waals surface area contributed by atoms with E-state index in [1.165, 1.54) is 17.5 Å². The molecule has 2 aromatic rings. The first-order valence-corrected chi connectivity index (χ1v) is 9.94. The molecule has 3 rings (SSSR count). The summed E-state index contributed by atoms with van der Waals surface area (Å²) in [5.41, 5.74) is 4.38. The van der Waals surface area contributed by atoms with Crippen molar-refractivity contribution in [1.29, 1.82) is 0 Å². The first-order valence-electron chi connectivity index (χ1n) is 8.40. The number of fused-ring (bicyclic) bond motifs is 1. The minimum Gasteiger partial charge on any atom is -0.322 e. The SMILES string of the molecule is CC(C)S(=O)(=O)Nc1ccc(C(=O)Nc2ccc3c(c2)CCC3)cc1. The standard InChI is InChI=1S/C19H22N2O3S/c1-13(2)25(23,24)21-17-9-7-15(8-10-17)19(22)20-18-11-6-14-4-3-5-16(14)12-18/h6-13,21H,3-5H2,1-2H3,(H,20,22). The highest BCUT2D eigenvalue weighted by Gasteiger charge is 2.16. The second kappa shape index (κ2) is 6.88. The van der Waals surface area contributed by atoms with Gasteiger partial charge in [-0.05, 0) is 80.6 Å². The summed E-state index contributed by atoms with van der Waals surface area (Å²) >= 11 is 0. The van der Waals surface area contributed by atoms with Gasteiger partial charge in [0, 0.05) is 16.9 Å². The summed E-state index contributed by atoms with van der Waals surface area (Å²) in [6.45, 7) is 3.22.